The molecule has 0 saturated heterocycles. The van der Waals surface area contributed by atoms with Crippen molar-refractivity contribution in [3.05, 3.63) is 28.8 Å². The van der Waals surface area contributed by atoms with Crippen LogP contribution in [0.15, 0.2) is 17.0 Å². The van der Waals surface area contributed by atoms with Crippen molar-refractivity contribution in [1.82, 2.24) is 4.31 Å². The second kappa shape index (κ2) is 6.70. The molecule has 0 amide bonds. The first-order chi connectivity index (χ1) is 9.20. The lowest BCUT2D eigenvalue weighted by Crippen LogP contribution is -2.29. The topological polar surface area (TPSA) is 63.4 Å². The molecule has 0 bridgehead atoms. The Balaban J connectivity index is 3.18. The molecule has 0 spiro atoms. The van der Waals surface area contributed by atoms with Crippen LogP contribution in [0, 0.1) is 19.8 Å². The van der Waals surface area contributed by atoms with Gasteiger partial charge in [-0.05, 0) is 48.9 Å². The van der Waals surface area contributed by atoms with Crippen molar-refractivity contribution in [3.8, 4) is 0 Å². The number of benzene rings is 1. The monoisotopic (exact) mass is 298 g/mol. The van der Waals surface area contributed by atoms with Gasteiger partial charge in [-0.25, -0.2) is 12.7 Å². The van der Waals surface area contributed by atoms with Crippen LogP contribution in [0.3, 0.4) is 0 Å². The summed E-state index contributed by atoms with van der Waals surface area (Å²) in [6, 6.07) is 3.64. The Morgan fingerprint density at radius 3 is 2.35 bits per heavy atom. The molecule has 0 saturated carbocycles. The van der Waals surface area contributed by atoms with Gasteiger partial charge in [0.05, 0.1) is 4.90 Å². The van der Waals surface area contributed by atoms with Gasteiger partial charge in [0.1, 0.15) is 0 Å². The number of hydrogen-bond donors (Lipinski definition) is 1. The van der Waals surface area contributed by atoms with Gasteiger partial charge in [0.2, 0.25) is 10.0 Å². The molecule has 0 aliphatic heterocycles. The molecular weight excluding hydrogens is 272 g/mol. The number of nitrogens with two attached hydrogens (primary N) is 1. The SMILES string of the molecule is Cc1cc(CN)cc(S(=O)(=O)N(C)CCC(C)C)c1C. The molecule has 0 atom stereocenters. The second-order valence-corrected chi connectivity index (χ2v) is 7.76. The van der Waals surface area contributed by atoms with E-state index in [1.165, 1.54) is 4.31 Å². The summed E-state index contributed by atoms with van der Waals surface area (Å²) >= 11 is 0. The van der Waals surface area contributed by atoms with Gasteiger partial charge in [-0.15, -0.1) is 0 Å². The lowest BCUT2D eigenvalue weighted by molar-refractivity contribution is 0.427. The van der Waals surface area contributed by atoms with E-state index >= 15 is 0 Å². The number of rotatable bonds is 6. The van der Waals surface area contributed by atoms with Crippen LogP contribution in [0.4, 0.5) is 0 Å². The van der Waals surface area contributed by atoms with Gasteiger partial charge in [0, 0.05) is 20.1 Å². The molecule has 1 rings (SSSR count). The van der Waals surface area contributed by atoms with Gasteiger partial charge in [-0.2, -0.15) is 0 Å². The minimum Gasteiger partial charge on any atom is -0.326 e. The molecule has 0 aliphatic rings. The maximum atomic E-state index is 12.7. The molecule has 1 aromatic rings. The van der Waals surface area contributed by atoms with Crippen LogP contribution in [0.25, 0.3) is 0 Å². The van der Waals surface area contributed by atoms with Gasteiger partial charge >= 0.3 is 0 Å². The summed E-state index contributed by atoms with van der Waals surface area (Å²) in [6.45, 7) is 8.82. The molecule has 0 aliphatic carbocycles. The third-order valence-electron chi connectivity index (χ3n) is 3.62. The van der Waals surface area contributed by atoms with Crippen LogP contribution in [0.2, 0.25) is 0 Å². The molecule has 4 nitrogen and oxygen atoms in total. The van der Waals surface area contributed by atoms with Gasteiger partial charge in [-0.3, -0.25) is 0 Å². The van der Waals surface area contributed by atoms with Gasteiger partial charge in [0.15, 0.2) is 0 Å². The smallest absolute Gasteiger partial charge is 0.243 e. The van der Waals surface area contributed by atoms with Crippen molar-refractivity contribution in [2.45, 2.75) is 45.6 Å². The number of sulfonamides is 1. The minimum atomic E-state index is -3.44. The zero-order chi connectivity index (χ0) is 15.5. The first-order valence-electron chi connectivity index (χ1n) is 6.96. The number of aryl methyl sites for hydroxylation is 1. The lowest BCUT2D eigenvalue weighted by atomic mass is 10.1. The van der Waals surface area contributed by atoms with Crippen LogP contribution in [0.5, 0.6) is 0 Å². The van der Waals surface area contributed by atoms with E-state index in [1.54, 1.807) is 13.1 Å². The standard InChI is InChI=1S/C15H26N2O2S/c1-11(2)6-7-17(5)20(18,19)15-9-14(10-16)8-12(3)13(15)4/h8-9,11H,6-7,10,16H2,1-5H3. The van der Waals surface area contributed by atoms with E-state index in [0.29, 0.717) is 23.9 Å². The van der Waals surface area contributed by atoms with Crippen molar-refractivity contribution in [1.29, 1.82) is 0 Å². The van der Waals surface area contributed by atoms with Gasteiger partial charge < -0.3 is 5.73 Å². The first-order valence-corrected chi connectivity index (χ1v) is 8.40. The van der Waals surface area contributed by atoms with Gasteiger partial charge in [0.25, 0.3) is 0 Å². The van der Waals surface area contributed by atoms with E-state index in [4.69, 9.17) is 5.73 Å². The van der Waals surface area contributed by atoms with E-state index in [-0.39, 0.29) is 0 Å². The Morgan fingerprint density at radius 1 is 1.25 bits per heavy atom. The van der Waals surface area contributed by atoms with Crippen molar-refractivity contribution in [2.75, 3.05) is 13.6 Å². The molecule has 0 aromatic heterocycles. The summed E-state index contributed by atoms with van der Waals surface area (Å²) in [7, 11) is -1.80. The van der Waals surface area contributed by atoms with Crippen LogP contribution >= 0.6 is 0 Å². The second-order valence-electron chi connectivity index (χ2n) is 5.75. The summed E-state index contributed by atoms with van der Waals surface area (Å²) in [6.07, 6.45) is 0.852. The van der Waals surface area contributed by atoms with E-state index < -0.39 is 10.0 Å². The predicted molar refractivity (Wildman–Crippen MR) is 83.1 cm³/mol. The molecule has 0 fully saturated rings. The summed E-state index contributed by atoms with van der Waals surface area (Å²) in [4.78, 5) is 0.379. The quantitative estimate of drug-likeness (QED) is 0.877. The molecule has 0 unspecified atom stereocenters. The highest BCUT2D eigenvalue weighted by molar-refractivity contribution is 7.89. The molecule has 0 heterocycles. The van der Waals surface area contributed by atoms with Crippen LogP contribution in [0.1, 0.15) is 37.0 Å². The first kappa shape index (κ1) is 17.1. The van der Waals surface area contributed by atoms with Crippen molar-refractivity contribution < 1.29 is 8.42 Å². The lowest BCUT2D eigenvalue weighted by Gasteiger charge is -2.20. The molecular formula is C15H26N2O2S. The van der Waals surface area contributed by atoms with Crippen LogP contribution in [-0.4, -0.2) is 26.3 Å². The normalized spacial score (nSPS) is 12.4. The van der Waals surface area contributed by atoms with Gasteiger partial charge in [-0.1, -0.05) is 19.9 Å². The Hall–Kier alpha value is -0.910. The zero-order valence-electron chi connectivity index (χ0n) is 13.1. The summed E-state index contributed by atoms with van der Waals surface area (Å²) in [5.74, 6) is 0.478. The Kier molecular flexibility index (Phi) is 5.74. The molecule has 5 heteroatoms. The highest BCUT2D eigenvalue weighted by Gasteiger charge is 2.23. The molecule has 1 aromatic carbocycles. The Labute approximate surface area is 123 Å². The van der Waals surface area contributed by atoms with Crippen molar-refractivity contribution >= 4 is 10.0 Å². The molecule has 20 heavy (non-hydrogen) atoms. The van der Waals surface area contributed by atoms with E-state index in [2.05, 4.69) is 13.8 Å². The third kappa shape index (κ3) is 3.81. The fraction of sp³-hybridized carbons (Fsp3) is 0.600. The molecule has 0 radical (unpaired) electrons. The number of nitrogens with zero attached hydrogens (tertiary/aromatic N) is 1. The largest absolute Gasteiger partial charge is 0.326 e. The van der Waals surface area contributed by atoms with Crippen molar-refractivity contribution in [3.63, 3.8) is 0 Å². The predicted octanol–water partition coefficient (Wildman–Crippen LogP) is 2.43. The average molecular weight is 298 g/mol. The number of hydrogen-bond acceptors (Lipinski definition) is 3. The molecule has 114 valence electrons. The van der Waals surface area contributed by atoms with E-state index in [9.17, 15) is 8.42 Å². The zero-order valence-corrected chi connectivity index (χ0v) is 13.9. The summed E-state index contributed by atoms with van der Waals surface area (Å²) in [5.41, 5.74) is 8.26. The third-order valence-corrected chi connectivity index (χ3v) is 5.61. The average Bonchev–Trinajstić information content (AvgIpc) is 2.38. The Bertz CT molecular complexity index is 565. The van der Waals surface area contributed by atoms with Crippen LogP contribution < -0.4 is 5.73 Å². The van der Waals surface area contributed by atoms with E-state index in [0.717, 1.165) is 23.1 Å². The Morgan fingerprint density at radius 2 is 1.85 bits per heavy atom. The molecule has 2 N–H and O–H groups in total. The highest BCUT2D eigenvalue weighted by atomic mass is 32.2. The minimum absolute atomic E-state index is 0.347. The van der Waals surface area contributed by atoms with Crippen molar-refractivity contribution in [2.24, 2.45) is 11.7 Å². The van der Waals surface area contributed by atoms with E-state index in [1.807, 2.05) is 19.9 Å². The maximum Gasteiger partial charge on any atom is 0.243 e. The fourth-order valence-corrected chi connectivity index (χ4v) is 3.54. The summed E-state index contributed by atoms with van der Waals surface area (Å²) in [5, 5.41) is 0. The van der Waals surface area contributed by atoms with Crippen LogP contribution in [-0.2, 0) is 16.6 Å². The maximum absolute atomic E-state index is 12.7. The highest BCUT2D eigenvalue weighted by Crippen LogP contribution is 2.24. The fourth-order valence-electron chi connectivity index (χ4n) is 2.01. The summed E-state index contributed by atoms with van der Waals surface area (Å²) < 4.78 is 26.8.